The summed E-state index contributed by atoms with van der Waals surface area (Å²) < 4.78 is 9.96. The summed E-state index contributed by atoms with van der Waals surface area (Å²) in [6, 6.07) is 6.81. The van der Waals surface area contributed by atoms with Crippen molar-refractivity contribution in [2.45, 2.75) is 33.4 Å². The monoisotopic (exact) mass is 308 g/mol. The minimum atomic E-state index is -0.635. The van der Waals surface area contributed by atoms with Crippen LogP contribution in [0.1, 0.15) is 26.3 Å². The zero-order chi connectivity index (χ0) is 16.5. The van der Waals surface area contributed by atoms with Gasteiger partial charge >= 0.3 is 6.09 Å². The van der Waals surface area contributed by atoms with Crippen molar-refractivity contribution >= 4 is 12.0 Å². The minimum Gasteiger partial charge on any atom is -0.497 e. The summed E-state index contributed by atoms with van der Waals surface area (Å²) in [5.74, 6) is 0.442. The highest BCUT2D eigenvalue weighted by molar-refractivity contribution is 5.85. The summed E-state index contributed by atoms with van der Waals surface area (Å²) in [5, 5.41) is 5.39. The van der Waals surface area contributed by atoms with E-state index < -0.39 is 12.1 Å². The van der Waals surface area contributed by atoms with E-state index in [2.05, 4.69) is 10.6 Å². The molecule has 1 atom stereocenters. The van der Waals surface area contributed by atoms with E-state index in [0.717, 1.165) is 11.3 Å². The van der Waals surface area contributed by atoms with Crippen LogP contribution in [0.15, 0.2) is 24.3 Å². The molecule has 0 aromatic heterocycles. The molecule has 2 N–H and O–H groups in total. The lowest BCUT2D eigenvalue weighted by Gasteiger charge is -2.21. The highest BCUT2D eigenvalue weighted by atomic mass is 16.5. The van der Waals surface area contributed by atoms with Gasteiger partial charge < -0.3 is 20.1 Å². The van der Waals surface area contributed by atoms with Gasteiger partial charge in [0.05, 0.1) is 13.7 Å². The molecule has 0 saturated carbocycles. The number of methoxy groups -OCH3 is 1. The number of alkyl carbamates (subject to hydrolysis) is 1. The molecule has 1 unspecified atom stereocenters. The van der Waals surface area contributed by atoms with Gasteiger partial charge in [0.25, 0.3) is 0 Å². The van der Waals surface area contributed by atoms with Crippen molar-refractivity contribution < 1.29 is 19.1 Å². The van der Waals surface area contributed by atoms with Crippen LogP contribution in [0.25, 0.3) is 0 Å². The average Bonchev–Trinajstić information content (AvgIpc) is 2.50. The zero-order valence-electron chi connectivity index (χ0n) is 13.5. The SMILES string of the molecule is CCOC(=O)NC(C(=O)NCc1cccc(OC)c1)C(C)C. The van der Waals surface area contributed by atoms with Crippen molar-refractivity contribution in [3.8, 4) is 5.75 Å². The maximum atomic E-state index is 12.2. The van der Waals surface area contributed by atoms with Crippen LogP contribution in [0.2, 0.25) is 0 Å². The lowest BCUT2D eigenvalue weighted by Crippen LogP contribution is -2.49. The first-order chi connectivity index (χ1) is 10.5. The fourth-order valence-corrected chi connectivity index (χ4v) is 1.92. The van der Waals surface area contributed by atoms with Crippen molar-refractivity contribution in [2.24, 2.45) is 5.92 Å². The van der Waals surface area contributed by atoms with Gasteiger partial charge in [-0.15, -0.1) is 0 Å². The first kappa shape index (κ1) is 17.8. The normalized spacial score (nSPS) is 11.7. The molecule has 1 aromatic carbocycles. The molecule has 0 heterocycles. The lowest BCUT2D eigenvalue weighted by molar-refractivity contribution is -0.124. The Balaban J connectivity index is 2.61. The van der Waals surface area contributed by atoms with Crippen LogP contribution >= 0.6 is 0 Å². The number of carbonyl (C=O) groups is 2. The topological polar surface area (TPSA) is 76.7 Å². The largest absolute Gasteiger partial charge is 0.497 e. The van der Waals surface area contributed by atoms with Crippen LogP contribution in [0.3, 0.4) is 0 Å². The number of ether oxygens (including phenoxy) is 2. The van der Waals surface area contributed by atoms with Crippen LogP contribution in [0, 0.1) is 5.92 Å². The van der Waals surface area contributed by atoms with Gasteiger partial charge in [-0.25, -0.2) is 4.79 Å². The quantitative estimate of drug-likeness (QED) is 0.808. The highest BCUT2D eigenvalue weighted by Crippen LogP contribution is 2.12. The molecule has 6 heteroatoms. The average molecular weight is 308 g/mol. The third kappa shape index (κ3) is 5.63. The minimum absolute atomic E-state index is 0.0466. The van der Waals surface area contributed by atoms with E-state index in [-0.39, 0.29) is 18.4 Å². The van der Waals surface area contributed by atoms with Crippen molar-refractivity contribution in [2.75, 3.05) is 13.7 Å². The van der Waals surface area contributed by atoms with Crippen molar-refractivity contribution in [1.82, 2.24) is 10.6 Å². The van der Waals surface area contributed by atoms with Crippen molar-refractivity contribution in [1.29, 1.82) is 0 Å². The molecule has 122 valence electrons. The number of nitrogens with one attached hydrogen (secondary N) is 2. The van der Waals surface area contributed by atoms with Crippen LogP contribution in [0.4, 0.5) is 4.79 Å². The number of hydrogen-bond acceptors (Lipinski definition) is 4. The molecule has 0 radical (unpaired) electrons. The predicted molar refractivity (Wildman–Crippen MR) is 83.6 cm³/mol. The summed E-state index contributed by atoms with van der Waals surface area (Å²) in [6.45, 7) is 6.07. The molecule has 0 saturated heterocycles. The van der Waals surface area contributed by atoms with E-state index in [1.165, 1.54) is 0 Å². The third-order valence-corrected chi connectivity index (χ3v) is 3.10. The Morgan fingerprint density at radius 2 is 2.00 bits per heavy atom. The second-order valence-corrected chi connectivity index (χ2v) is 5.16. The molecule has 22 heavy (non-hydrogen) atoms. The molecular weight excluding hydrogens is 284 g/mol. The number of hydrogen-bond donors (Lipinski definition) is 2. The molecule has 6 nitrogen and oxygen atoms in total. The van der Waals surface area contributed by atoms with E-state index in [0.29, 0.717) is 6.54 Å². The molecule has 0 bridgehead atoms. The smallest absolute Gasteiger partial charge is 0.407 e. The van der Waals surface area contributed by atoms with Gasteiger partial charge in [-0.1, -0.05) is 26.0 Å². The second kappa shape index (κ2) is 8.92. The molecule has 2 amide bonds. The zero-order valence-corrected chi connectivity index (χ0v) is 13.5. The first-order valence-corrected chi connectivity index (χ1v) is 7.31. The summed E-state index contributed by atoms with van der Waals surface area (Å²) in [7, 11) is 1.59. The third-order valence-electron chi connectivity index (χ3n) is 3.10. The summed E-state index contributed by atoms with van der Waals surface area (Å²) in [6.07, 6.45) is -0.585. The van der Waals surface area contributed by atoms with E-state index in [1.807, 2.05) is 38.1 Å². The van der Waals surface area contributed by atoms with Gasteiger partial charge in [0, 0.05) is 6.54 Å². The van der Waals surface area contributed by atoms with Gasteiger partial charge in [-0.05, 0) is 30.5 Å². The first-order valence-electron chi connectivity index (χ1n) is 7.31. The van der Waals surface area contributed by atoms with Crippen molar-refractivity contribution in [3.05, 3.63) is 29.8 Å². The fourth-order valence-electron chi connectivity index (χ4n) is 1.92. The fraction of sp³-hybridized carbons (Fsp3) is 0.500. The van der Waals surface area contributed by atoms with Gasteiger partial charge in [-0.2, -0.15) is 0 Å². The Hall–Kier alpha value is -2.24. The molecule has 1 aromatic rings. The Morgan fingerprint density at radius 3 is 2.59 bits per heavy atom. The molecule has 0 fully saturated rings. The molecule has 0 aliphatic carbocycles. The summed E-state index contributed by atoms with van der Waals surface area (Å²) >= 11 is 0. The van der Waals surface area contributed by atoms with Crippen LogP contribution in [0.5, 0.6) is 5.75 Å². The molecule has 0 spiro atoms. The van der Waals surface area contributed by atoms with E-state index in [9.17, 15) is 9.59 Å². The standard InChI is InChI=1S/C16H24N2O4/c1-5-22-16(20)18-14(11(2)3)15(19)17-10-12-7-6-8-13(9-12)21-4/h6-9,11,14H,5,10H2,1-4H3,(H,17,19)(H,18,20). The Morgan fingerprint density at radius 1 is 1.27 bits per heavy atom. The Kier molecular flexibility index (Phi) is 7.22. The Labute approximate surface area is 131 Å². The van der Waals surface area contributed by atoms with Gasteiger partial charge in [0.2, 0.25) is 5.91 Å². The molecular formula is C16H24N2O4. The predicted octanol–water partition coefficient (Wildman–Crippen LogP) is 2.08. The molecule has 0 aliphatic rings. The summed E-state index contributed by atoms with van der Waals surface area (Å²) in [4.78, 5) is 23.7. The van der Waals surface area contributed by atoms with Crippen LogP contribution < -0.4 is 15.4 Å². The number of benzene rings is 1. The second-order valence-electron chi connectivity index (χ2n) is 5.16. The molecule has 1 rings (SSSR count). The van der Waals surface area contributed by atoms with Crippen molar-refractivity contribution in [3.63, 3.8) is 0 Å². The number of rotatable bonds is 7. The van der Waals surface area contributed by atoms with E-state index >= 15 is 0 Å². The van der Waals surface area contributed by atoms with Gasteiger partial charge in [0.15, 0.2) is 0 Å². The maximum absolute atomic E-state index is 12.2. The van der Waals surface area contributed by atoms with E-state index in [4.69, 9.17) is 9.47 Å². The number of carbonyl (C=O) groups excluding carboxylic acids is 2. The number of amides is 2. The van der Waals surface area contributed by atoms with Crippen LogP contribution in [-0.4, -0.2) is 31.8 Å². The van der Waals surface area contributed by atoms with Crippen LogP contribution in [-0.2, 0) is 16.1 Å². The maximum Gasteiger partial charge on any atom is 0.407 e. The van der Waals surface area contributed by atoms with E-state index in [1.54, 1.807) is 14.0 Å². The van der Waals surface area contributed by atoms with Gasteiger partial charge in [-0.3, -0.25) is 4.79 Å². The lowest BCUT2D eigenvalue weighted by atomic mass is 10.0. The molecule has 0 aliphatic heterocycles. The highest BCUT2D eigenvalue weighted by Gasteiger charge is 2.24. The summed E-state index contributed by atoms with van der Waals surface area (Å²) in [5.41, 5.74) is 0.923. The Bertz CT molecular complexity index is 503. The van der Waals surface area contributed by atoms with Gasteiger partial charge in [0.1, 0.15) is 11.8 Å².